The van der Waals surface area contributed by atoms with Gasteiger partial charge in [-0.1, -0.05) is 12.1 Å². The third kappa shape index (κ3) is 1.41. The first-order chi connectivity index (χ1) is 5.79. The summed E-state index contributed by atoms with van der Waals surface area (Å²) in [6.07, 6.45) is 1.79. The zero-order valence-electron chi connectivity index (χ0n) is 5.96. The number of rotatable bonds is 0. The Morgan fingerprint density at radius 3 is 2.75 bits per heavy atom. The van der Waals surface area contributed by atoms with Crippen LogP contribution in [0.3, 0.4) is 0 Å². The van der Waals surface area contributed by atoms with Crippen molar-refractivity contribution < 1.29 is 0 Å². The molecule has 2 aromatic rings. The third-order valence-corrected chi connectivity index (χ3v) is 3.25. The van der Waals surface area contributed by atoms with Crippen LogP contribution in [0.2, 0.25) is 0 Å². The van der Waals surface area contributed by atoms with Crippen molar-refractivity contribution in [2.45, 2.75) is 0 Å². The second-order valence-electron chi connectivity index (χ2n) is 2.34. The maximum absolute atomic E-state index is 4.00. The molecule has 60 valence electrons. The van der Waals surface area contributed by atoms with Crippen LogP contribution >= 0.6 is 45.2 Å². The molecule has 0 saturated heterocycles. The minimum Gasteiger partial charge on any atom is -0.157 e. The molecule has 0 aliphatic rings. The highest BCUT2D eigenvalue weighted by Crippen LogP contribution is 2.22. The van der Waals surface area contributed by atoms with E-state index in [2.05, 4.69) is 61.4 Å². The second kappa shape index (κ2) is 3.41. The van der Waals surface area contributed by atoms with Crippen molar-refractivity contribution in [3.05, 3.63) is 31.7 Å². The molecule has 12 heavy (non-hydrogen) atoms. The van der Waals surface area contributed by atoms with Gasteiger partial charge in [0.25, 0.3) is 0 Å². The van der Waals surface area contributed by atoms with Gasteiger partial charge in [-0.15, -0.1) is 5.10 Å². The molecular formula is C8H4I2N2. The van der Waals surface area contributed by atoms with E-state index in [-0.39, 0.29) is 0 Å². The largest absolute Gasteiger partial charge is 0.157 e. The molecule has 0 aliphatic heterocycles. The molecule has 0 atom stereocenters. The van der Waals surface area contributed by atoms with Crippen molar-refractivity contribution in [3.8, 4) is 0 Å². The van der Waals surface area contributed by atoms with Gasteiger partial charge < -0.3 is 0 Å². The van der Waals surface area contributed by atoms with E-state index in [0.717, 1.165) is 9.09 Å². The van der Waals surface area contributed by atoms with Crippen LogP contribution in [0.1, 0.15) is 0 Å². The van der Waals surface area contributed by atoms with Crippen LogP contribution in [-0.2, 0) is 0 Å². The lowest BCUT2D eigenvalue weighted by Crippen LogP contribution is -1.89. The summed E-state index contributed by atoms with van der Waals surface area (Å²) < 4.78 is 2.19. The summed E-state index contributed by atoms with van der Waals surface area (Å²) in [5, 5.41) is 10.2. The first-order valence-electron chi connectivity index (χ1n) is 3.34. The van der Waals surface area contributed by atoms with Crippen molar-refractivity contribution in [3.63, 3.8) is 0 Å². The van der Waals surface area contributed by atoms with E-state index in [1.54, 1.807) is 6.20 Å². The van der Waals surface area contributed by atoms with Crippen LogP contribution in [0, 0.1) is 7.27 Å². The van der Waals surface area contributed by atoms with Crippen LogP contribution in [0.15, 0.2) is 24.4 Å². The molecule has 1 heterocycles. The van der Waals surface area contributed by atoms with Gasteiger partial charge in [0, 0.05) is 14.3 Å². The SMILES string of the molecule is Ic1cccc2cnnc(I)c12. The summed E-state index contributed by atoms with van der Waals surface area (Å²) in [5.74, 6) is 0. The number of nitrogens with zero attached hydrogens (tertiary/aromatic N) is 2. The van der Waals surface area contributed by atoms with Crippen LogP contribution in [0.25, 0.3) is 10.8 Å². The summed E-state index contributed by atoms with van der Waals surface area (Å²) in [6.45, 7) is 0. The lowest BCUT2D eigenvalue weighted by molar-refractivity contribution is 1.02. The highest BCUT2D eigenvalue weighted by Gasteiger charge is 2.02. The molecule has 0 spiro atoms. The smallest absolute Gasteiger partial charge is 0.132 e. The Labute approximate surface area is 97.0 Å². The molecule has 1 aromatic heterocycles. The Hall–Kier alpha value is 0.0200. The summed E-state index contributed by atoms with van der Waals surface area (Å²) >= 11 is 4.52. The first kappa shape index (κ1) is 8.61. The average molecular weight is 382 g/mol. The van der Waals surface area contributed by atoms with Gasteiger partial charge in [0.1, 0.15) is 3.70 Å². The van der Waals surface area contributed by atoms with E-state index in [4.69, 9.17) is 0 Å². The molecule has 0 amide bonds. The number of fused-ring (bicyclic) bond motifs is 1. The van der Waals surface area contributed by atoms with Crippen molar-refractivity contribution in [2.75, 3.05) is 0 Å². The highest BCUT2D eigenvalue weighted by atomic mass is 127. The van der Waals surface area contributed by atoms with Gasteiger partial charge in [0.15, 0.2) is 0 Å². The normalized spacial score (nSPS) is 10.5. The Bertz CT molecular complexity index is 392. The maximum Gasteiger partial charge on any atom is 0.132 e. The number of hydrogen-bond donors (Lipinski definition) is 0. The van der Waals surface area contributed by atoms with Crippen molar-refractivity contribution in [2.24, 2.45) is 0 Å². The van der Waals surface area contributed by atoms with E-state index < -0.39 is 0 Å². The quantitative estimate of drug-likeness (QED) is 0.656. The Morgan fingerprint density at radius 1 is 1.17 bits per heavy atom. The highest BCUT2D eigenvalue weighted by molar-refractivity contribution is 14.1. The molecule has 0 radical (unpaired) electrons. The number of halogens is 2. The predicted molar refractivity (Wildman–Crippen MR) is 65.0 cm³/mol. The lowest BCUT2D eigenvalue weighted by atomic mass is 10.2. The van der Waals surface area contributed by atoms with Crippen molar-refractivity contribution in [1.82, 2.24) is 10.2 Å². The predicted octanol–water partition coefficient (Wildman–Crippen LogP) is 2.84. The maximum atomic E-state index is 4.00. The van der Waals surface area contributed by atoms with Crippen molar-refractivity contribution >= 4 is 56.0 Å². The van der Waals surface area contributed by atoms with E-state index in [1.165, 1.54) is 8.96 Å². The fourth-order valence-electron chi connectivity index (χ4n) is 1.06. The summed E-state index contributed by atoms with van der Waals surface area (Å²) in [5.41, 5.74) is 0. The van der Waals surface area contributed by atoms with Crippen LogP contribution in [0.4, 0.5) is 0 Å². The zero-order valence-corrected chi connectivity index (χ0v) is 10.3. The number of hydrogen-bond acceptors (Lipinski definition) is 2. The van der Waals surface area contributed by atoms with Crippen LogP contribution < -0.4 is 0 Å². The molecule has 0 unspecified atom stereocenters. The minimum absolute atomic E-state index is 0.968. The van der Waals surface area contributed by atoms with E-state index >= 15 is 0 Å². The molecule has 0 aliphatic carbocycles. The first-order valence-corrected chi connectivity index (χ1v) is 5.50. The minimum atomic E-state index is 0.968. The fraction of sp³-hybridized carbons (Fsp3) is 0. The Kier molecular flexibility index (Phi) is 2.44. The van der Waals surface area contributed by atoms with Gasteiger partial charge in [-0.2, -0.15) is 5.10 Å². The molecule has 0 saturated carbocycles. The molecule has 2 rings (SSSR count). The van der Waals surface area contributed by atoms with Gasteiger partial charge in [-0.05, 0) is 51.2 Å². The van der Waals surface area contributed by atoms with Crippen molar-refractivity contribution in [1.29, 1.82) is 0 Å². The third-order valence-electron chi connectivity index (χ3n) is 1.59. The Morgan fingerprint density at radius 2 is 2.00 bits per heavy atom. The number of benzene rings is 1. The Balaban J connectivity index is 2.96. The standard InChI is InChI=1S/C8H4I2N2/c9-6-3-1-2-5-4-11-12-8(10)7(5)6/h1-4H. The lowest BCUT2D eigenvalue weighted by Gasteiger charge is -1.99. The summed E-state index contributed by atoms with van der Waals surface area (Å²) in [4.78, 5) is 0. The molecule has 0 N–H and O–H groups in total. The second-order valence-corrected chi connectivity index (χ2v) is 4.52. The monoisotopic (exact) mass is 382 g/mol. The zero-order chi connectivity index (χ0) is 8.55. The van der Waals surface area contributed by atoms with Gasteiger partial charge in [0.2, 0.25) is 0 Å². The molecular weight excluding hydrogens is 378 g/mol. The molecule has 1 aromatic carbocycles. The molecule has 4 heteroatoms. The van der Waals surface area contributed by atoms with Gasteiger partial charge in [-0.3, -0.25) is 0 Å². The van der Waals surface area contributed by atoms with Crippen LogP contribution in [-0.4, -0.2) is 10.2 Å². The topological polar surface area (TPSA) is 25.8 Å². The van der Waals surface area contributed by atoms with E-state index in [9.17, 15) is 0 Å². The van der Waals surface area contributed by atoms with Crippen LogP contribution in [0.5, 0.6) is 0 Å². The molecule has 0 fully saturated rings. The average Bonchev–Trinajstić information content (AvgIpc) is 2.04. The van der Waals surface area contributed by atoms with Gasteiger partial charge >= 0.3 is 0 Å². The fourth-order valence-corrected chi connectivity index (χ4v) is 3.07. The summed E-state index contributed by atoms with van der Waals surface area (Å²) in [6, 6.07) is 6.16. The van der Waals surface area contributed by atoms with E-state index in [0.29, 0.717) is 0 Å². The van der Waals surface area contributed by atoms with E-state index in [1.807, 2.05) is 12.1 Å². The molecule has 2 nitrogen and oxygen atoms in total. The van der Waals surface area contributed by atoms with Gasteiger partial charge in [0.05, 0.1) is 6.20 Å². The summed E-state index contributed by atoms with van der Waals surface area (Å²) in [7, 11) is 0. The van der Waals surface area contributed by atoms with Gasteiger partial charge in [-0.25, -0.2) is 0 Å². The molecule has 0 bridgehead atoms. The number of aromatic nitrogens is 2.